The topological polar surface area (TPSA) is 107 Å². The minimum atomic E-state index is -4.34. The van der Waals surface area contributed by atoms with Gasteiger partial charge in [-0.05, 0) is 18.2 Å². The summed E-state index contributed by atoms with van der Waals surface area (Å²) in [5.41, 5.74) is -0.506. The Balaban J connectivity index is 2.71. The van der Waals surface area contributed by atoms with E-state index < -0.39 is 31.5 Å². The van der Waals surface area contributed by atoms with Crippen molar-refractivity contribution in [2.75, 3.05) is 18.0 Å². The second-order valence-corrected chi connectivity index (χ2v) is 6.89. The predicted molar refractivity (Wildman–Crippen MR) is 95.6 cm³/mol. The number of hydrogen-bond donors (Lipinski definition) is 0. The van der Waals surface area contributed by atoms with Gasteiger partial charge in [-0.25, -0.2) is 13.2 Å². The minimum absolute atomic E-state index is 0.0130. The van der Waals surface area contributed by atoms with E-state index in [0.717, 1.165) is 16.4 Å². The molecule has 2 aromatic carbocycles. The summed E-state index contributed by atoms with van der Waals surface area (Å²) in [6.07, 6.45) is 1.32. The number of ether oxygens (including phenoxy) is 1. The van der Waals surface area contributed by atoms with Crippen molar-refractivity contribution in [3.8, 4) is 0 Å². The number of esters is 1. The third-order valence-electron chi connectivity index (χ3n) is 3.50. The van der Waals surface area contributed by atoms with Crippen LogP contribution in [0.25, 0.3) is 0 Å². The van der Waals surface area contributed by atoms with E-state index in [1.807, 2.05) is 0 Å². The maximum absolute atomic E-state index is 13.1. The molecule has 136 valence electrons. The van der Waals surface area contributed by atoms with Crippen LogP contribution in [0.3, 0.4) is 0 Å². The van der Waals surface area contributed by atoms with Crippen molar-refractivity contribution in [2.45, 2.75) is 4.90 Å². The molecule has 9 heteroatoms. The summed E-state index contributed by atoms with van der Waals surface area (Å²) in [6.45, 7) is 3.34. The van der Waals surface area contributed by atoms with Crippen LogP contribution in [0.1, 0.15) is 10.4 Å². The van der Waals surface area contributed by atoms with Gasteiger partial charge in [0.1, 0.15) is 0 Å². The lowest BCUT2D eigenvalue weighted by Crippen LogP contribution is -2.33. The van der Waals surface area contributed by atoms with Crippen LogP contribution in [-0.2, 0) is 14.8 Å². The van der Waals surface area contributed by atoms with Gasteiger partial charge in [0, 0.05) is 6.07 Å². The molecule has 0 saturated heterocycles. The van der Waals surface area contributed by atoms with Crippen LogP contribution < -0.4 is 4.31 Å². The number of nitro groups is 1. The maximum atomic E-state index is 13.1. The standard InChI is InChI=1S/C17H16N2O6S/c1-3-12-18(14-9-5-4-8-13(14)17(20)25-2)26(23,24)16-11-7-6-10-15(16)19(21)22/h3-11H,1,12H2,2H3. The van der Waals surface area contributed by atoms with Gasteiger partial charge < -0.3 is 4.74 Å². The molecule has 0 radical (unpaired) electrons. The lowest BCUT2D eigenvalue weighted by Gasteiger charge is -2.24. The molecule has 0 aromatic heterocycles. The Morgan fingerprint density at radius 3 is 2.46 bits per heavy atom. The second-order valence-electron chi connectivity index (χ2n) is 5.06. The van der Waals surface area contributed by atoms with Gasteiger partial charge >= 0.3 is 5.97 Å². The van der Waals surface area contributed by atoms with Crippen LogP contribution in [0, 0.1) is 10.1 Å². The lowest BCUT2D eigenvalue weighted by atomic mass is 10.2. The van der Waals surface area contributed by atoms with Crippen LogP contribution in [0.5, 0.6) is 0 Å². The van der Waals surface area contributed by atoms with Crippen molar-refractivity contribution in [3.63, 3.8) is 0 Å². The Kier molecular flexibility index (Phi) is 5.73. The third-order valence-corrected chi connectivity index (χ3v) is 5.33. The van der Waals surface area contributed by atoms with Crippen LogP contribution >= 0.6 is 0 Å². The number of nitrogens with zero attached hydrogens (tertiary/aromatic N) is 2. The van der Waals surface area contributed by atoms with E-state index in [2.05, 4.69) is 6.58 Å². The van der Waals surface area contributed by atoms with Gasteiger partial charge in [0.15, 0.2) is 4.90 Å². The third kappa shape index (κ3) is 3.57. The van der Waals surface area contributed by atoms with E-state index in [1.165, 1.54) is 37.5 Å². The molecular formula is C17H16N2O6S. The molecule has 0 fully saturated rings. The summed E-state index contributed by atoms with van der Waals surface area (Å²) >= 11 is 0. The van der Waals surface area contributed by atoms with Crippen LogP contribution in [0.4, 0.5) is 11.4 Å². The van der Waals surface area contributed by atoms with Crippen molar-refractivity contribution < 1.29 is 22.9 Å². The highest BCUT2D eigenvalue weighted by molar-refractivity contribution is 7.93. The summed E-state index contributed by atoms with van der Waals surface area (Å²) in [5.74, 6) is -0.729. The fraction of sp³-hybridized carbons (Fsp3) is 0.118. The SMILES string of the molecule is C=CCN(c1ccccc1C(=O)OC)S(=O)(=O)c1ccccc1[N+](=O)[O-]. The summed E-state index contributed by atoms with van der Waals surface area (Å²) in [7, 11) is -3.17. The Labute approximate surface area is 150 Å². The molecule has 0 aliphatic carbocycles. The largest absolute Gasteiger partial charge is 0.465 e. The molecule has 0 unspecified atom stereocenters. The first-order valence-electron chi connectivity index (χ1n) is 7.39. The molecule has 0 amide bonds. The molecule has 0 aliphatic rings. The summed E-state index contributed by atoms with van der Waals surface area (Å²) in [4.78, 5) is 22.0. The lowest BCUT2D eigenvalue weighted by molar-refractivity contribution is -0.387. The molecule has 0 heterocycles. The van der Waals surface area contributed by atoms with Crippen molar-refractivity contribution >= 4 is 27.4 Å². The first-order valence-corrected chi connectivity index (χ1v) is 8.83. The second kappa shape index (κ2) is 7.79. The number of carbonyl (C=O) groups excluding carboxylic acids is 1. The van der Waals surface area contributed by atoms with Crippen molar-refractivity contribution in [1.82, 2.24) is 0 Å². The van der Waals surface area contributed by atoms with Gasteiger partial charge in [0.25, 0.3) is 15.7 Å². The highest BCUT2D eigenvalue weighted by Crippen LogP contribution is 2.31. The monoisotopic (exact) mass is 376 g/mol. The summed E-state index contributed by atoms with van der Waals surface area (Å²) in [6, 6.07) is 10.9. The average Bonchev–Trinajstić information content (AvgIpc) is 2.65. The number of carbonyl (C=O) groups is 1. The average molecular weight is 376 g/mol. The number of para-hydroxylation sites is 2. The summed E-state index contributed by atoms with van der Waals surface area (Å²) in [5, 5.41) is 11.2. The van der Waals surface area contributed by atoms with Crippen LogP contribution in [0.15, 0.2) is 66.1 Å². The fourth-order valence-electron chi connectivity index (χ4n) is 2.36. The van der Waals surface area contributed by atoms with Gasteiger partial charge in [-0.2, -0.15) is 0 Å². The molecule has 0 bridgehead atoms. The van der Waals surface area contributed by atoms with Crippen LogP contribution in [-0.4, -0.2) is 33.0 Å². The number of hydrogen-bond acceptors (Lipinski definition) is 6. The number of rotatable bonds is 7. The summed E-state index contributed by atoms with van der Waals surface area (Å²) < 4.78 is 31.8. The van der Waals surface area contributed by atoms with Crippen LogP contribution in [0.2, 0.25) is 0 Å². The quantitative estimate of drug-likeness (QED) is 0.318. The number of anilines is 1. The molecular weight excluding hydrogens is 360 g/mol. The Hall–Kier alpha value is -3.20. The Bertz CT molecular complexity index is 955. The highest BCUT2D eigenvalue weighted by Gasteiger charge is 2.33. The number of sulfonamides is 1. The molecule has 0 atom stereocenters. The molecule has 26 heavy (non-hydrogen) atoms. The number of methoxy groups -OCH3 is 1. The van der Waals surface area contributed by atoms with E-state index >= 15 is 0 Å². The number of nitro benzene ring substituents is 1. The van der Waals surface area contributed by atoms with Crippen molar-refractivity contribution in [2.24, 2.45) is 0 Å². The predicted octanol–water partition coefficient (Wildman–Crippen LogP) is 2.76. The van der Waals surface area contributed by atoms with E-state index in [4.69, 9.17) is 4.74 Å². The maximum Gasteiger partial charge on any atom is 0.340 e. The zero-order valence-electron chi connectivity index (χ0n) is 13.9. The fourth-order valence-corrected chi connectivity index (χ4v) is 3.98. The number of benzene rings is 2. The minimum Gasteiger partial charge on any atom is -0.465 e. The molecule has 0 aliphatic heterocycles. The first kappa shape index (κ1) is 19.1. The van der Waals surface area contributed by atoms with Gasteiger partial charge in [-0.15, -0.1) is 6.58 Å². The first-order chi connectivity index (χ1) is 12.3. The van der Waals surface area contributed by atoms with Crippen molar-refractivity contribution in [3.05, 3.63) is 76.9 Å². The zero-order chi connectivity index (χ0) is 19.3. The van der Waals surface area contributed by atoms with Gasteiger partial charge in [-0.3, -0.25) is 14.4 Å². The molecule has 0 N–H and O–H groups in total. The highest BCUT2D eigenvalue weighted by atomic mass is 32.2. The Morgan fingerprint density at radius 2 is 1.85 bits per heavy atom. The zero-order valence-corrected chi connectivity index (χ0v) is 14.7. The van der Waals surface area contributed by atoms with Gasteiger partial charge in [0.05, 0.1) is 29.8 Å². The Morgan fingerprint density at radius 1 is 1.23 bits per heavy atom. The van der Waals surface area contributed by atoms with E-state index in [9.17, 15) is 23.3 Å². The van der Waals surface area contributed by atoms with Gasteiger partial charge in [0.2, 0.25) is 0 Å². The normalized spacial score (nSPS) is 10.8. The van der Waals surface area contributed by atoms with E-state index in [1.54, 1.807) is 12.1 Å². The molecule has 8 nitrogen and oxygen atoms in total. The molecule has 2 rings (SSSR count). The molecule has 0 spiro atoms. The smallest absolute Gasteiger partial charge is 0.340 e. The van der Waals surface area contributed by atoms with E-state index in [0.29, 0.717) is 0 Å². The molecule has 2 aromatic rings. The van der Waals surface area contributed by atoms with E-state index in [-0.39, 0.29) is 17.8 Å². The van der Waals surface area contributed by atoms with Gasteiger partial charge in [-0.1, -0.05) is 30.3 Å². The van der Waals surface area contributed by atoms with Crippen molar-refractivity contribution in [1.29, 1.82) is 0 Å². The molecule has 0 saturated carbocycles.